The van der Waals surface area contributed by atoms with Gasteiger partial charge in [-0.3, -0.25) is 9.78 Å². The minimum Gasteiger partial charge on any atom is -0.508 e. The first-order chi connectivity index (χ1) is 14.4. The molecule has 3 aromatic rings. The Hall–Kier alpha value is -3.76. The van der Waals surface area contributed by atoms with Gasteiger partial charge in [-0.2, -0.15) is 0 Å². The molecular weight excluding hydrogens is 385 g/mol. The Balaban J connectivity index is 2.01. The van der Waals surface area contributed by atoms with E-state index in [1.807, 2.05) is 6.92 Å². The summed E-state index contributed by atoms with van der Waals surface area (Å²) in [5.74, 6) is 4.05. The number of phenolic OH excluding ortho intramolecular Hbond substituents is 1. The van der Waals surface area contributed by atoms with Gasteiger partial charge in [0.25, 0.3) is 5.91 Å². The standard InChI is InChI=1S/C23H20FN3O3/c1-14-5-6-17(13-25-14)22(19-12-18(24)7-8-21(19)29)27-23(30)20-11-16(4-3-9-28)10-15(2)26-20/h5-8,10-13,22,28-29H,9H2,1-2H3,(H,27,30). The van der Waals surface area contributed by atoms with Crippen molar-refractivity contribution >= 4 is 5.91 Å². The summed E-state index contributed by atoms with van der Waals surface area (Å²) in [5, 5.41) is 22.0. The van der Waals surface area contributed by atoms with E-state index in [4.69, 9.17) is 5.11 Å². The number of aromatic nitrogens is 2. The van der Waals surface area contributed by atoms with Crippen LogP contribution < -0.4 is 5.32 Å². The Morgan fingerprint density at radius 1 is 1.17 bits per heavy atom. The van der Waals surface area contributed by atoms with Gasteiger partial charge in [-0.15, -0.1) is 0 Å². The highest BCUT2D eigenvalue weighted by molar-refractivity contribution is 5.93. The first-order valence-corrected chi connectivity index (χ1v) is 9.17. The highest BCUT2D eigenvalue weighted by Gasteiger charge is 2.22. The Bertz CT molecular complexity index is 1130. The molecule has 7 heteroatoms. The number of aromatic hydroxyl groups is 1. The second-order valence-corrected chi connectivity index (χ2v) is 6.68. The van der Waals surface area contributed by atoms with Gasteiger partial charge in [0.15, 0.2) is 0 Å². The molecule has 1 amide bonds. The van der Waals surface area contributed by atoms with E-state index in [1.165, 1.54) is 18.2 Å². The molecule has 0 bridgehead atoms. The fourth-order valence-corrected chi connectivity index (χ4v) is 2.95. The first kappa shape index (κ1) is 21.0. The highest BCUT2D eigenvalue weighted by atomic mass is 19.1. The second-order valence-electron chi connectivity index (χ2n) is 6.68. The predicted molar refractivity (Wildman–Crippen MR) is 109 cm³/mol. The van der Waals surface area contributed by atoms with Crippen molar-refractivity contribution in [3.8, 4) is 17.6 Å². The quantitative estimate of drug-likeness (QED) is 0.580. The smallest absolute Gasteiger partial charge is 0.270 e. The SMILES string of the molecule is Cc1ccc(C(NC(=O)c2cc(C#CCO)cc(C)n2)c2cc(F)ccc2O)cn1. The number of rotatable bonds is 4. The number of aliphatic hydroxyl groups excluding tert-OH is 1. The van der Waals surface area contributed by atoms with Gasteiger partial charge in [-0.1, -0.05) is 17.9 Å². The van der Waals surface area contributed by atoms with Crippen molar-refractivity contribution in [2.45, 2.75) is 19.9 Å². The molecular formula is C23H20FN3O3. The average Bonchev–Trinajstić information content (AvgIpc) is 2.72. The zero-order chi connectivity index (χ0) is 21.7. The topological polar surface area (TPSA) is 95.3 Å². The molecule has 0 radical (unpaired) electrons. The third-order valence-corrected chi connectivity index (χ3v) is 4.34. The first-order valence-electron chi connectivity index (χ1n) is 9.17. The number of aryl methyl sites for hydroxylation is 2. The van der Waals surface area contributed by atoms with Crippen molar-refractivity contribution in [1.82, 2.24) is 15.3 Å². The van der Waals surface area contributed by atoms with Gasteiger partial charge >= 0.3 is 0 Å². The molecule has 30 heavy (non-hydrogen) atoms. The summed E-state index contributed by atoms with van der Waals surface area (Å²) in [6, 6.07) is 9.40. The summed E-state index contributed by atoms with van der Waals surface area (Å²) >= 11 is 0. The Labute approximate surface area is 173 Å². The molecule has 0 aliphatic rings. The number of hydrogen-bond acceptors (Lipinski definition) is 5. The highest BCUT2D eigenvalue weighted by Crippen LogP contribution is 2.30. The zero-order valence-electron chi connectivity index (χ0n) is 16.5. The number of phenols is 1. The molecule has 0 fully saturated rings. The molecule has 2 aromatic heterocycles. The number of aliphatic hydroxyl groups is 1. The van der Waals surface area contributed by atoms with Crippen LogP contribution in [0.3, 0.4) is 0 Å². The normalized spacial score (nSPS) is 11.3. The molecule has 0 spiro atoms. The number of carbonyl (C=O) groups is 1. The van der Waals surface area contributed by atoms with Crippen LogP contribution in [0.2, 0.25) is 0 Å². The van der Waals surface area contributed by atoms with E-state index in [2.05, 4.69) is 27.1 Å². The van der Waals surface area contributed by atoms with Crippen molar-refractivity contribution in [3.05, 3.63) is 88.3 Å². The van der Waals surface area contributed by atoms with Crippen LogP contribution in [0.5, 0.6) is 5.75 Å². The van der Waals surface area contributed by atoms with E-state index in [9.17, 15) is 14.3 Å². The summed E-state index contributed by atoms with van der Waals surface area (Å²) in [5.41, 5.74) is 2.76. The van der Waals surface area contributed by atoms with Crippen LogP contribution in [0, 0.1) is 31.5 Å². The lowest BCUT2D eigenvalue weighted by atomic mass is 9.98. The third-order valence-electron chi connectivity index (χ3n) is 4.34. The number of hydrogen-bond donors (Lipinski definition) is 3. The fourth-order valence-electron chi connectivity index (χ4n) is 2.95. The van der Waals surface area contributed by atoms with Crippen LogP contribution in [-0.2, 0) is 0 Å². The summed E-state index contributed by atoms with van der Waals surface area (Å²) in [4.78, 5) is 21.5. The van der Waals surface area contributed by atoms with Gasteiger partial charge in [0.05, 0.1) is 6.04 Å². The van der Waals surface area contributed by atoms with E-state index < -0.39 is 17.8 Å². The van der Waals surface area contributed by atoms with Crippen molar-refractivity contribution in [2.75, 3.05) is 6.61 Å². The summed E-state index contributed by atoms with van der Waals surface area (Å²) in [6.07, 6.45) is 1.56. The molecule has 6 nitrogen and oxygen atoms in total. The lowest BCUT2D eigenvalue weighted by Gasteiger charge is -2.21. The van der Waals surface area contributed by atoms with Gasteiger partial charge in [-0.05, 0) is 55.8 Å². The van der Waals surface area contributed by atoms with Crippen molar-refractivity contribution in [3.63, 3.8) is 0 Å². The van der Waals surface area contributed by atoms with Crippen LogP contribution in [0.4, 0.5) is 4.39 Å². The Morgan fingerprint density at radius 2 is 1.97 bits per heavy atom. The predicted octanol–water partition coefficient (Wildman–Crippen LogP) is 2.80. The minimum absolute atomic E-state index is 0.109. The van der Waals surface area contributed by atoms with E-state index in [-0.39, 0.29) is 23.6 Å². The molecule has 1 atom stereocenters. The number of carbonyl (C=O) groups excluding carboxylic acids is 1. The summed E-state index contributed by atoms with van der Waals surface area (Å²) in [7, 11) is 0. The number of nitrogens with zero attached hydrogens (tertiary/aromatic N) is 2. The van der Waals surface area contributed by atoms with Gasteiger partial charge < -0.3 is 15.5 Å². The lowest BCUT2D eigenvalue weighted by Crippen LogP contribution is -2.30. The molecule has 0 aliphatic heterocycles. The zero-order valence-corrected chi connectivity index (χ0v) is 16.5. The number of amides is 1. The van der Waals surface area contributed by atoms with E-state index >= 15 is 0 Å². The minimum atomic E-state index is -0.851. The van der Waals surface area contributed by atoms with E-state index in [0.717, 1.165) is 11.8 Å². The molecule has 0 aliphatic carbocycles. The lowest BCUT2D eigenvalue weighted by molar-refractivity contribution is 0.0937. The molecule has 1 aromatic carbocycles. The van der Waals surface area contributed by atoms with Gasteiger partial charge in [0.2, 0.25) is 0 Å². The fraction of sp³-hybridized carbons (Fsp3) is 0.174. The van der Waals surface area contributed by atoms with Crippen LogP contribution in [-0.4, -0.2) is 32.7 Å². The van der Waals surface area contributed by atoms with Crippen molar-refractivity contribution in [1.29, 1.82) is 0 Å². The van der Waals surface area contributed by atoms with E-state index in [1.54, 1.807) is 31.3 Å². The molecule has 152 valence electrons. The van der Waals surface area contributed by atoms with Crippen LogP contribution in [0.1, 0.15) is 44.6 Å². The third kappa shape index (κ3) is 4.99. The van der Waals surface area contributed by atoms with Crippen molar-refractivity contribution in [2.24, 2.45) is 0 Å². The molecule has 0 saturated carbocycles. The van der Waals surface area contributed by atoms with Crippen molar-refractivity contribution < 1.29 is 19.4 Å². The van der Waals surface area contributed by atoms with Gasteiger partial charge in [-0.25, -0.2) is 9.37 Å². The van der Waals surface area contributed by atoms with Crippen LogP contribution in [0.25, 0.3) is 0 Å². The average molecular weight is 405 g/mol. The maximum atomic E-state index is 13.9. The largest absolute Gasteiger partial charge is 0.508 e. The number of halogens is 1. The second kappa shape index (κ2) is 9.16. The van der Waals surface area contributed by atoms with Crippen LogP contribution >= 0.6 is 0 Å². The maximum Gasteiger partial charge on any atom is 0.270 e. The monoisotopic (exact) mass is 405 g/mol. The summed E-state index contributed by atoms with van der Waals surface area (Å²) < 4.78 is 13.9. The van der Waals surface area contributed by atoms with E-state index in [0.29, 0.717) is 16.8 Å². The number of nitrogens with one attached hydrogen (secondary N) is 1. The van der Waals surface area contributed by atoms with Gasteiger partial charge in [0.1, 0.15) is 23.9 Å². The molecule has 1 unspecified atom stereocenters. The Morgan fingerprint density at radius 3 is 2.67 bits per heavy atom. The van der Waals surface area contributed by atoms with Crippen LogP contribution in [0.15, 0.2) is 48.7 Å². The maximum absolute atomic E-state index is 13.9. The molecule has 0 saturated heterocycles. The molecule has 3 N–H and O–H groups in total. The molecule has 2 heterocycles. The molecule has 3 rings (SSSR count). The Kier molecular flexibility index (Phi) is 6.40. The number of pyridine rings is 2. The van der Waals surface area contributed by atoms with Gasteiger partial charge in [0, 0.05) is 28.7 Å². The summed E-state index contributed by atoms with van der Waals surface area (Å²) in [6.45, 7) is 3.24. The number of benzene rings is 1.